The van der Waals surface area contributed by atoms with Gasteiger partial charge in [-0.25, -0.2) is 4.98 Å². The van der Waals surface area contributed by atoms with E-state index in [-0.39, 0.29) is 0 Å². The smallest absolute Gasteiger partial charge is 0.125 e. The fourth-order valence-corrected chi connectivity index (χ4v) is 2.32. The molecule has 0 spiro atoms. The van der Waals surface area contributed by atoms with Crippen molar-refractivity contribution in [2.45, 2.75) is 32.9 Å². The van der Waals surface area contributed by atoms with Crippen LogP contribution in [0.4, 0.5) is 0 Å². The van der Waals surface area contributed by atoms with Crippen LogP contribution >= 0.6 is 11.6 Å². The van der Waals surface area contributed by atoms with Crippen LogP contribution in [0.3, 0.4) is 0 Å². The van der Waals surface area contributed by atoms with Gasteiger partial charge in [-0.15, -0.1) is 0 Å². The summed E-state index contributed by atoms with van der Waals surface area (Å²) in [7, 11) is 0. The number of rotatable bonds is 9. The van der Waals surface area contributed by atoms with Crippen LogP contribution in [0.5, 0.6) is 5.75 Å². The molecule has 2 rings (SSSR count). The van der Waals surface area contributed by atoms with Gasteiger partial charge in [0.15, 0.2) is 0 Å². The van der Waals surface area contributed by atoms with Crippen LogP contribution in [0.1, 0.15) is 25.3 Å². The van der Waals surface area contributed by atoms with Gasteiger partial charge >= 0.3 is 0 Å². The fourth-order valence-electron chi connectivity index (χ4n) is 2.08. The first-order valence-electron chi connectivity index (χ1n) is 7.38. The largest absolute Gasteiger partial charge is 0.493 e. The molecular weight excluding hydrogens is 286 g/mol. The zero-order chi connectivity index (χ0) is 14.9. The van der Waals surface area contributed by atoms with E-state index in [0.717, 1.165) is 48.8 Å². The number of imidazole rings is 1. The lowest BCUT2D eigenvalue weighted by Crippen LogP contribution is -2.15. The molecule has 2 aromatic rings. The van der Waals surface area contributed by atoms with Crippen molar-refractivity contribution in [2.24, 2.45) is 0 Å². The van der Waals surface area contributed by atoms with Gasteiger partial charge in [0.25, 0.3) is 0 Å². The summed E-state index contributed by atoms with van der Waals surface area (Å²) in [6.45, 7) is 5.44. The van der Waals surface area contributed by atoms with E-state index in [1.54, 1.807) is 6.20 Å². The SMILES string of the molecule is CCCNCc1c(Cl)cccc1OCCCn1ccnc1. The molecule has 21 heavy (non-hydrogen) atoms. The van der Waals surface area contributed by atoms with Crippen molar-refractivity contribution < 1.29 is 4.74 Å². The molecule has 0 saturated heterocycles. The van der Waals surface area contributed by atoms with Gasteiger partial charge in [-0.3, -0.25) is 0 Å². The zero-order valence-electron chi connectivity index (χ0n) is 12.4. The molecule has 5 heteroatoms. The Bertz CT molecular complexity index is 528. The van der Waals surface area contributed by atoms with Crippen molar-refractivity contribution in [1.29, 1.82) is 0 Å². The molecular formula is C16H22ClN3O. The molecule has 0 unspecified atom stereocenters. The molecule has 1 heterocycles. The third-order valence-corrected chi connectivity index (χ3v) is 3.54. The quantitative estimate of drug-likeness (QED) is 0.721. The minimum Gasteiger partial charge on any atom is -0.493 e. The summed E-state index contributed by atoms with van der Waals surface area (Å²) in [5, 5.41) is 4.12. The van der Waals surface area contributed by atoms with E-state index in [1.165, 1.54) is 0 Å². The maximum Gasteiger partial charge on any atom is 0.125 e. The van der Waals surface area contributed by atoms with E-state index >= 15 is 0 Å². The Morgan fingerprint density at radius 3 is 3.05 bits per heavy atom. The summed E-state index contributed by atoms with van der Waals surface area (Å²) in [5.74, 6) is 0.872. The topological polar surface area (TPSA) is 39.1 Å². The molecule has 0 amide bonds. The van der Waals surface area contributed by atoms with E-state index in [2.05, 4.69) is 17.2 Å². The average molecular weight is 308 g/mol. The molecule has 0 fully saturated rings. The number of ether oxygens (including phenoxy) is 1. The van der Waals surface area contributed by atoms with Crippen molar-refractivity contribution in [3.8, 4) is 5.75 Å². The number of nitrogens with zero attached hydrogens (tertiary/aromatic N) is 2. The Hall–Kier alpha value is -1.52. The normalized spacial score (nSPS) is 10.8. The number of hydrogen-bond acceptors (Lipinski definition) is 3. The van der Waals surface area contributed by atoms with Crippen molar-refractivity contribution in [2.75, 3.05) is 13.2 Å². The van der Waals surface area contributed by atoms with Crippen molar-refractivity contribution >= 4 is 11.6 Å². The minimum absolute atomic E-state index is 0.666. The second-order valence-corrected chi connectivity index (χ2v) is 5.30. The maximum atomic E-state index is 6.27. The van der Waals surface area contributed by atoms with Gasteiger partial charge in [0, 0.05) is 36.1 Å². The summed E-state index contributed by atoms with van der Waals surface area (Å²) < 4.78 is 7.94. The van der Waals surface area contributed by atoms with E-state index in [0.29, 0.717) is 6.61 Å². The molecule has 1 aromatic carbocycles. The van der Waals surface area contributed by atoms with Gasteiger partial charge in [0.05, 0.1) is 12.9 Å². The van der Waals surface area contributed by atoms with Gasteiger partial charge in [-0.05, 0) is 31.5 Å². The van der Waals surface area contributed by atoms with Crippen molar-refractivity contribution in [1.82, 2.24) is 14.9 Å². The Morgan fingerprint density at radius 2 is 2.29 bits per heavy atom. The summed E-state index contributed by atoms with van der Waals surface area (Å²) >= 11 is 6.27. The van der Waals surface area contributed by atoms with E-state index in [4.69, 9.17) is 16.3 Å². The first kappa shape index (κ1) is 15.9. The second-order valence-electron chi connectivity index (χ2n) is 4.90. The predicted molar refractivity (Wildman–Crippen MR) is 85.8 cm³/mol. The highest BCUT2D eigenvalue weighted by molar-refractivity contribution is 6.31. The Labute approximate surface area is 131 Å². The van der Waals surface area contributed by atoms with E-state index in [1.807, 2.05) is 35.3 Å². The summed E-state index contributed by atoms with van der Waals surface area (Å²) in [6.07, 6.45) is 7.60. The summed E-state index contributed by atoms with van der Waals surface area (Å²) in [4.78, 5) is 4.02. The van der Waals surface area contributed by atoms with E-state index < -0.39 is 0 Å². The highest BCUT2D eigenvalue weighted by Gasteiger charge is 2.07. The van der Waals surface area contributed by atoms with Crippen molar-refractivity contribution in [3.05, 3.63) is 47.5 Å². The number of aromatic nitrogens is 2. The average Bonchev–Trinajstić information content (AvgIpc) is 2.99. The summed E-state index contributed by atoms with van der Waals surface area (Å²) in [6, 6.07) is 5.81. The van der Waals surface area contributed by atoms with E-state index in [9.17, 15) is 0 Å². The Morgan fingerprint density at radius 1 is 1.38 bits per heavy atom. The molecule has 0 aliphatic carbocycles. The molecule has 0 saturated carbocycles. The molecule has 0 aliphatic heterocycles. The fraction of sp³-hybridized carbons (Fsp3) is 0.438. The number of hydrogen-bond donors (Lipinski definition) is 1. The molecule has 0 atom stereocenters. The molecule has 1 N–H and O–H groups in total. The van der Waals surface area contributed by atoms with Crippen LogP contribution in [0.25, 0.3) is 0 Å². The zero-order valence-corrected chi connectivity index (χ0v) is 13.1. The molecule has 0 radical (unpaired) electrons. The van der Waals surface area contributed by atoms with Crippen molar-refractivity contribution in [3.63, 3.8) is 0 Å². The lowest BCUT2D eigenvalue weighted by molar-refractivity contribution is 0.298. The lowest BCUT2D eigenvalue weighted by atomic mass is 10.2. The minimum atomic E-state index is 0.666. The number of aryl methyl sites for hydroxylation is 1. The van der Waals surface area contributed by atoms with Crippen LogP contribution in [-0.2, 0) is 13.1 Å². The van der Waals surface area contributed by atoms with Crippen LogP contribution in [0.15, 0.2) is 36.9 Å². The van der Waals surface area contributed by atoms with Crippen LogP contribution < -0.4 is 10.1 Å². The molecule has 0 aliphatic rings. The molecule has 4 nitrogen and oxygen atoms in total. The third kappa shape index (κ3) is 5.06. The Balaban J connectivity index is 1.85. The summed E-state index contributed by atoms with van der Waals surface area (Å²) in [5.41, 5.74) is 1.04. The first-order chi connectivity index (χ1) is 10.3. The number of nitrogens with one attached hydrogen (secondary N) is 1. The molecule has 0 bridgehead atoms. The number of halogens is 1. The first-order valence-corrected chi connectivity index (χ1v) is 7.75. The Kier molecular flexibility index (Phi) is 6.57. The van der Waals surface area contributed by atoms with Gasteiger partial charge in [0.2, 0.25) is 0 Å². The van der Waals surface area contributed by atoms with Gasteiger partial charge in [-0.2, -0.15) is 0 Å². The van der Waals surface area contributed by atoms with Gasteiger partial charge in [-0.1, -0.05) is 24.6 Å². The third-order valence-electron chi connectivity index (χ3n) is 3.18. The highest BCUT2D eigenvalue weighted by atomic mass is 35.5. The van der Waals surface area contributed by atoms with Gasteiger partial charge < -0.3 is 14.6 Å². The van der Waals surface area contributed by atoms with Crippen LogP contribution in [0, 0.1) is 0 Å². The lowest BCUT2D eigenvalue weighted by Gasteiger charge is -2.13. The monoisotopic (exact) mass is 307 g/mol. The second kappa shape index (κ2) is 8.70. The highest BCUT2D eigenvalue weighted by Crippen LogP contribution is 2.26. The number of benzene rings is 1. The van der Waals surface area contributed by atoms with Gasteiger partial charge in [0.1, 0.15) is 5.75 Å². The molecule has 1 aromatic heterocycles. The molecule has 114 valence electrons. The maximum absolute atomic E-state index is 6.27. The van der Waals surface area contributed by atoms with Crippen LogP contribution in [0.2, 0.25) is 5.02 Å². The predicted octanol–water partition coefficient (Wildman–Crippen LogP) is 3.51. The standard InChI is InChI=1S/C16H22ClN3O/c1-2-7-18-12-14-15(17)5-3-6-16(14)21-11-4-9-20-10-8-19-13-20/h3,5-6,8,10,13,18H,2,4,7,9,11-12H2,1H3. The van der Waals surface area contributed by atoms with Crippen LogP contribution in [-0.4, -0.2) is 22.7 Å².